The Morgan fingerprint density at radius 2 is 1.57 bits per heavy atom. The average Bonchev–Trinajstić information content (AvgIpc) is 3.48. The summed E-state index contributed by atoms with van der Waals surface area (Å²) in [5.74, 6) is 0.940. The fourth-order valence-corrected chi connectivity index (χ4v) is 5.62. The van der Waals surface area contributed by atoms with E-state index in [0.717, 1.165) is 66.6 Å². The van der Waals surface area contributed by atoms with Gasteiger partial charge in [-0.3, -0.25) is 9.55 Å². The molecule has 7 rings (SSSR count). The number of nitrogens with zero attached hydrogens (tertiary/aromatic N) is 4. The largest absolute Gasteiger partial charge is 0.506 e. The van der Waals surface area contributed by atoms with Gasteiger partial charge >= 0.3 is 0 Å². The first-order valence-electron chi connectivity index (χ1n) is 13.9. The van der Waals surface area contributed by atoms with Crippen LogP contribution in [0.1, 0.15) is 52.7 Å². The van der Waals surface area contributed by atoms with E-state index in [0.29, 0.717) is 5.71 Å². The zero-order chi connectivity index (χ0) is 28.7. The molecule has 0 unspecified atom stereocenters. The Balaban J connectivity index is 0.00000316. The Kier molecular flexibility index (Phi) is 6.54. The number of aromatic hydroxyl groups is 1. The van der Waals surface area contributed by atoms with Crippen LogP contribution in [-0.2, 0) is 31.9 Å². The smallest absolute Gasteiger partial charge is 0.140 e. The number of phenolic OH excluding ortho intramolecular Hbond substituents is 1. The maximum Gasteiger partial charge on any atom is 0.140 e. The third-order valence-corrected chi connectivity index (χ3v) is 7.77. The summed E-state index contributed by atoms with van der Waals surface area (Å²) in [4.78, 5) is 14.8. The Bertz CT molecular complexity index is 2150. The van der Waals surface area contributed by atoms with Gasteiger partial charge in [-0.2, -0.15) is 0 Å². The van der Waals surface area contributed by atoms with E-state index in [4.69, 9.17) is 14.4 Å². The van der Waals surface area contributed by atoms with Crippen molar-refractivity contribution in [1.29, 1.82) is 0 Å². The Morgan fingerprint density at radius 3 is 2.33 bits per heavy atom. The molecule has 6 nitrogen and oxygen atoms in total. The minimum absolute atomic E-state index is 0. The number of benzene rings is 2. The number of phenols is 1. The predicted octanol–water partition coefficient (Wildman–Crippen LogP) is 8.63. The van der Waals surface area contributed by atoms with E-state index in [1.54, 1.807) is 18.3 Å². The SMILES string of the molecule is CC(C)(C)c1cc(-c2cc(C(C)(C)C)c3oc4ncc[c-]c4c3n2)nc(-n2c3ccccc3c3cccc(O)c32)c1.[Pt]. The molecule has 0 aliphatic carbocycles. The van der Waals surface area contributed by atoms with Crippen molar-refractivity contribution in [3.05, 3.63) is 90.1 Å². The summed E-state index contributed by atoms with van der Waals surface area (Å²) in [6.07, 6.45) is 1.68. The third-order valence-electron chi connectivity index (χ3n) is 7.77. The van der Waals surface area contributed by atoms with Gasteiger partial charge in [0.05, 0.1) is 22.4 Å². The van der Waals surface area contributed by atoms with Crippen molar-refractivity contribution in [3.63, 3.8) is 0 Å². The van der Waals surface area contributed by atoms with E-state index >= 15 is 0 Å². The quantitative estimate of drug-likeness (QED) is 0.180. The minimum Gasteiger partial charge on any atom is -0.506 e. The first-order valence-corrected chi connectivity index (χ1v) is 13.9. The van der Waals surface area contributed by atoms with Crippen molar-refractivity contribution in [3.8, 4) is 23.0 Å². The second-order valence-electron chi connectivity index (χ2n) is 12.7. The van der Waals surface area contributed by atoms with Gasteiger partial charge in [-0.05, 0) is 52.3 Å². The van der Waals surface area contributed by atoms with E-state index < -0.39 is 0 Å². The fourth-order valence-electron chi connectivity index (χ4n) is 5.62. The monoisotopic (exact) mass is 734 g/mol. The zero-order valence-corrected chi connectivity index (χ0v) is 26.7. The number of pyridine rings is 3. The fraction of sp³-hybridized carbons (Fsp3) is 0.229. The molecule has 0 fully saturated rings. The van der Waals surface area contributed by atoms with Crippen LogP contribution in [0.5, 0.6) is 5.75 Å². The second kappa shape index (κ2) is 9.77. The maximum absolute atomic E-state index is 11.1. The number of para-hydroxylation sites is 2. The molecule has 0 bridgehead atoms. The topological polar surface area (TPSA) is 77.0 Å². The molecule has 2 aromatic carbocycles. The van der Waals surface area contributed by atoms with Gasteiger partial charge in [0.2, 0.25) is 0 Å². The van der Waals surface area contributed by atoms with Crippen molar-refractivity contribution in [1.82, 2.24) is 19.5 Å². The Morgan fingerprint density at radius 1 is 0.833 bits per heavy atom. The van der Waals surface area contributed by atoms with Crippen LogP contribution in [0.15, 0.2) is 77.3 Å². The molecule has 7 aromatic rings. The van der Waals surface area contributed by atoms with Crippen molar-refractivity contribution in [2.45, 2.75) is 52.4 Å². The molecule has 0 atom stereocenters. The number of hydrogen-bond acceptors (Lipinski definition) is 5. The van der Waals surface area contributed by atoms with Gasteiger partial charge in [0, 0.05) is 37.4 Å². The maximum atomic E-state index is 11.1. The molecule has 0 radical (unpaired) electrons. The average molecular weight is 735 g/mol. The molecule has 214 valence electrons. The first kappa shape index (κ1) is 28.1. The number of fused-ring (bicyclic) bond motifs is 6. The molecular formula is C35H31N4O2Pt-. The van der Waals surface area contributed by atoms with Crippen LogP contribution >= 0.6 is 0 Å². The Labute approximate surface area is 258 Å². The molecule has 0 saturated heterocycles. The Hall–Kier alpha value is -4.02. The molecule has 0 aliphatic rings. The van der Waals surface area contributed by atoms with Gasteiger partial charge in [0.1, 0.15) is 22.9 Å². The van der Waals surface area contributed by atoms with E-state index in [-0.39, 0.29) is 37.6 Å². The molecule has 5 heterocycles. The first-order chi connectivity index (χ1) is 19.5. The van der Waals surface area contributed by atoms with Gasteiger partial charge in [0.25, 0.3) is 0 Å². The summed E-state index contributed by atoms with van der Waals surface area (Å²) in [6, 6.07) is 25.2. The van der Waals surface area contributed by atoms with Gasteiger partial charge in [0.15, 0.2) is 0 Å². The van der Waals surface area contributed by atoms with Gasteiger partial charge < -0.3 is 14.5 Å². The van der Waals surface area contributed by atoms with Gasteiger partial charge in [-0.25, -0.2) is 4.98 Å². The molecule has 0 amide bonds. The van der Waals surface area contributed by atoms with Crippen molar-refractivity contribution >= 4 is 44.0 Å². The summed E-state index contributed by atoms with van der Waals surface area (Å²) in [7, 11) is 0. The summed E-state index contributed by atoms with van der Waals surface area (Å²) in [5, 5.41) is 13.9. The van der Waals surface area contributed by atoms with E-state index in [9.17, 15) is 5.11 Å². The normalized spacial score (nSPS) is 12.4. The van der Waals surface area contributed by atoms with E-state index in [1.807, 2.05) is 24.3 Å². The van der Waals surface area contributed by atoms with Crippen LogP contribution in [0.2, 0.25) is 0 Å². The van der Waals surface area contributed by atoms with Crippen LogP contribution < -0.4 is 0 Å². The molecule has 0 aliphatic heterocycles. The predicted molar refractivity (Wildman–Crippen MR) is 165 cm³/mol. The molecule has 7 heteroatoms. The van der Waals surface area contributed by atoms with Crippen molar-refractivity contribution in [2.24, 2.45) is 0 Å². The van der Waals surface area contributed by atoms with Crippen molar-refractivity contribution < 1.29 is 30.6 Å². The zero-order valence-electron chi connectivity index (χ0n) is 24.4. The standard InChI is InChI=1S/C35H31N4O2.Pt/c1-34(2,3)20-17-25(26-19-24(35(4,5)6)32-30(38-26)23-13-10-16-36-33(23)41-32)37-29(18-20)39-27-14-8-7-11-21(27)22-12-9-15-28(40)31(22)39;/h7-12,14-19,40H,1-6H3;/q-1;. The van der Waals surface area contributed by atoms with Gasteiger partial charge in [-0.15, -0.1) is 12.1 Å². The van der Waals surface area contributed by atoms with Crippen LogP contribution in [0, 0.1) is 6.07 Å². The number of rotatable bonds is 2. The van der Waals surface area contributed by atoms with E-state index in [1.165, 1.54) is 0 Å². The number of furan rings is 1. The van der Waals surface area contributed by atoms with Crippen LogP contribution in [0.3, 0.4) is 0 Å². The number of hydrogen-bond donors (Lipinski definition) is 1. The summed E-state index contributed by atoms with van der Waals surface area (Å²) >= 11 is 0. The second-order valence-corrected chi connectivity index (χ2v) is 12.7. The molecule has 0 saturated carbocycles. The van der Waals surface area contributed by atoms with Gasteiger partial charge in [-0.1, -0.05) is 83.5 Å². The minimum atomic E-state index is -0.215. The van der Waals surface area contributed by atoms with Crippen LogP contribution in [0.25, 0.3) is 61.2 Å². The molecule has 1 N–H and O–H groups in total. The summed E-state index contributed by atoms with van der Waals surface area (Å²) < 4.78 is 8.28. The summed E-state index contributed by atoms with van der Waals surface area (Å²) in [6.45, 7) is 13.1. The molecular weight excluding hydrogens is 703 g/mol. The molecule has 0 spiro atoms. The van der Waals surface area contributed by atoms with Crippen molar-refractivity contribution in [2.75, 3.05) is 0 Å². The molecule has 5 aromatic heterocycles. The van der Waals surface area contributed by atoms with Crippen LogP contribution in [-0.4, -0.2) is 24.6 Å². The number of aromatic nitrogens is 4. The molecule has 42 heavy (non-hydrogen) atoms. The third kappa shape index (κ3) is 4.40. The van der Waals surface area contributed by atoms with Crippen LogP contribution in [0.4, 0.5) is 0 Å². The van der Waals surface area contributed by atoms with E-state index in [2.05, 4.69) is 87.5 Å². The summed E-state index contributed by atoms with van der Waals surface area (Å²) in [5.41, 5.74) is 6.96.